The van der Waals surface area contributed by atoms with Gasteiger partial charge in [0.2, 0.25) is 0 Å². The van der Waals surface area contributed by atoms with Gasteiger partial charge < -0.3 is 14.6 Å². The van der Waals surface area contributed by atoms with Gasteiger partial charge in [0, 0.05) is 26.6 Å². The molecule has 35 heavy (non-hydrogen) atoms. The molecule has 2 aromatic heterocycles. The first-order chi connectivity index (χ1) is 17.0. The smallest absolute Gasteiger partial charge is 0.336 e. The molecule has 2 aromatic carbocycles. The van der Waals surface area contributed by atoms with Crippen LogP contribution in [0.4, 0.5) is 10.6 Å². The van der Waals surface area contributed by atoms with Crippen LogP contribution in [0.15, 0.2) is 60.7 Å². The van der Waals surface area contributed by atoms with Gasteiger partial charge in [0.15, 0.2) is 5.65 Å². The molecule has 0 unspecified atom stereocenters. The number of carbonyl (C=O) groups is 2. The number of urea groups is 1. The first-order valence-electron chi connectivity index (χ1n) is 11.8. The van der Waals surface area contributed by atoms with Crippen molar-refractivity contribution in [2.24, 2.45) is 0 Å². The summed E-state index contributed by atoms with van der Waals surface area (Å²) in [7, 11) is 1.81. The standard InChI is InChI=1S/C27H27N5O3/c1-3-23-28-22-13-14-24(31-16-6-15-30(2)27(31)35)29-25(22)32(23)17-18-9-11-19(12-10-18)20-7-4-5-8-21(20)26(33)34/h4-5,7-14H,3,6,15-17H2,1-2H3,(H,33,34). The minimum atomic E-state index is -0.942. The van der Waals surface area contributed by atoms with Gasteiger partial charge in [-0.05, 0) is 41.3 Å². The van der Waals surface area contributed by atoms with Crippen molar-refractivity contribution in [2.75, 3.05) is 25.0 Å². The second kappa shape index (κ2) is 9.21. The van der Waals surface area contributed by atoms with Crippen LogP contribution >= 0.6 is 0 Å². The van der Waals surface area contributed by atoms with Crippen LogP contribution in [0.1, 0.15) is 35.1 Å². The molecule has 0 radical (unpaired) electrons. The number of amides is 2. The Hall–Kier alpha value is -4.20. The van der Waals surface area contributed by atoms with E-state index in [1.165, 1.54) is 0 Å². The number of carbonyl (C=O) groups excluding carboxylic acids is 1. The second-order valence-corrected chi connectivity index (χ2v) is 8.74. The van der Waals surface area contributed by atoms with E-state index in [0.29, 0.717) is 24.5 Å². The molecule has 1 aliphatic rings. The Morgan fingerprint density at radius 3 is 2.51 bits per heavy atom. The van der Waals surface area contributed by atoms with E-state index in [1.54, 1.807) is 21.9 Å². The number of aromatic nitrogens is 3. The third-order valence-corrected chi connectivity index (χ3v) is 6.45. The summed E-state index contributed by atoms with van der Waals surface area (Å²) < 4.78 is 2.09. The normalized spacial score (nSPS) is 14.1. The van der Waals surface area contributed by atoms with Crippen molar-refractivity contribution >= 4 is 29.0 Å². The molecule has 0 bridgehead atoms. The van der Waals surface area contributed by atoms with Gasteiger partial charge in [0.05, 0.1) is 12.1 Å². The largest absolute Gasteiger partial charge is 0.478 e. The van der Waals surface area contributed by atoms with Gasteiger partial charge in [-0.3, -0.25) is 4.90 Å². The van der Waals surface area contributed by atoms with E-state index in [2.05, 4.69) is 11.5 Å². The van der Waals surface area contributed by atoms with Crippen molar-refractivity contribution in [1.82, 2.24) is 19.4 Å². The molecule has 1 aliphatic heterocycles. The summed E-state index contributed by atoms with van der Waals surface area (Å²) in [4.78, 5) is 37.3. The Morgan fingerprint density at radius 1 is 1.00 bits per heavy atom. The maximum Gasteiger partial charge on any atom is 0.336 e. The van der Waals surface area contributed by atoms with Gasteiger partial charge in [0.1, 0.15) is 17.2 Å². The number of anilines is 1. The summed E-state index contributed by atoms with van der Waals surface area (Å²) in [5.41, 5.74) is 4.43. The van der Waals surface area contributed by atoms with Gasteiger partial charge in [-0.1, -0.05) is 49.4 Å². The molecule has 0 aliphatic carbocycles. The first-order valence-corrected chi connectivity index (χ1v) is 11.8. The number of aryl methyl sites for hydroxylation is 1. The number of fused-ring (bicyclic) bond motifs is 1. The number of imidazole rings is 1. The van der Waals surface area contributed by atoms with Crippen LogP contribution in [0, 0.1) is 0 Å². The fraction of sp³-hybridized carbons (Fsp3) is 0.259. The SMILES string of the molecule is CCc1nc2ccc(N3CCCN(C)C3=O)nc2n1Cc1ccc(-c2ccccc2C(=O)O)cc1. The quantitative estimate of drug-likeness (QED) is 0.443. The van der Waals surface area contributed by atoms with Crippen molar-refractivity contribution in [1.29, 1.82) is 0 Å². The Morgan fingerprint density at radius 2 is 1.77 bits per heavy atom. The lowest BCUT2D eigenvalue weighted by Gasteiger charge is -2.32. The van der Waals surface area contributed by atoms with E-state index in [0.717, 1.165) is 47.5 Å². The summed E-state index contributed by atoms with van der Waals surface area (Å²) in [6.07, 6.45) is 1.65. The highest BCUT2D eigenvalue weighted by atomic mass is 16.4. The lowest BCUT2D eigenvalue weighted by Crippen LogP contribution is -2.47. The van der Waals surface area contributed by atoms with Crippen molar-refractivity contribution in [3.63, 3.8) is 0 Å². The Bertz CT molecular complexity index is 1410. The van der Waals surface area contributed by atoms with E-state index < -0.39 is 5.97 Å². The highest BCUT2D eigenvalue weighted by Crippen LogP contribution is 2.26. The Labute approximate surface area is 203 Å². The van der Waals surface area contributed by atoms with Crippen molar-refractivity contribution in [3.8, 4) is 11.1 Å². The van der Waals surface area contributed by atoms with Gasteiger partial charge in [0.25, 0.3) is 0 Å². The molecule has 0 saturated carbocycles. The zero-order valence-corrected chi connectivity index (χ0v) is 19.8. The minimum absolute atomic E-state index is 0.0397. The van der Waals surface area contributed by atoms with Crippen LogP contribution < -0.4 is 4.90 Å². The van der Waals surface area contributed by atoms with Crippen LogP contribution in [-0.2, 0) is 13.0 Å². The van der Waals surface area contributed by atoms with E-state index in [4.69, 9.17) is 9.97 Å². The Balaban J connectivity index is 1.48. The highest BCUT2D eigenvalue weighted by molar-refractivity contribution is 5.96. The lowest BCUT2D eigenvalue weighted by atomic mass is 9.99. The number of nitrogens with zero attached hydrogens (tertiary/aromatic N) is 5. The van der Waals surface area contributed by atoms with Gasteiger partial charge >= 0.3 is 12.0 Å². The molecule has 178 valence electrons. The predicted octanol–water partition coefficient (Wildman–Crippen LogP) is 4.67. The molecule has 8 heteroatoms. The average molecular weight is 470 g/mol. The van der Waals surface area contributed by atoms with E-state index in [-0.39, 0.29) is 11.6 Å². The number of benzene rings is 2. The molecule has 2 amide bonds. The third-order valence-electron chi connectivity index (χ3n) is 6.45. The summed E-state index contributed by atoms with van der Waals surface area (Å²) in [5.74, 6) is 0.618. The molecule has 4 aromatic rings. The third kappa shape index (κ3) is 4.23. The molecule has 0 atom stereocenters. The summed E-state index contributed by atoms with van der Waals surface area (Å²) in [6.45, 7) is 4.04. The summed E-state index contributed by atoms with van der Waals surface area (Å²) in [5, 5.41) is 9.51. The summed E-state index contributed by atoms with van der Waals surface area (Å²) >= 11 is 0. The van der Waals surface area contributed by atoms with Gasteiger partial charge in [-0.25, -0.2) is 19.6 Å². The highest BCUT2D eigenvalue weighted by Gasteiger charge is 2.25. The zero-order valence-electron chi connectivity index (χ0n) is 19.8. The fourth-order valence-electron chi connectivity index (χ4n) is 4.59. The number of rotatable bonds is 6. The molecule has 3 heterocycles. The Kier molecular flexibility index (Phi) is 5.94. The summed E-state index contributed by atoms with van der Waals surface area (Å²) in [6, 6.07) is 18.7. The monoisotopic (exact) mass is 469 g/mol. The van der Waals surface area contributed by atoms with Crippen LogP contribution in [0.3, 0.4) is 0 Å². The molecule has 1 fully saturated rings. The molecule has 8 nitrogen and oxygen atoms in total. The zero-order chi connectivity index (χ0) is 24.5. The number of hydrogen-bond acceptors (Lipinski definition) is 4. The lowest BCUT2D eigenvalue weighted by molar-refractivity contribution is 0.0697. The van der Waals surface area contributed by atoms with Crippen LogP contribution in [0.5, 0.6) is 0 Å². The van der Waals surface area contributed by atoms with Gasteiger partial charge in [-0.15, -0.1) is 0 Å². The van der Waals surface area contributed by atoms with E-state index in [1.807, 2.05) is 55.6 Å². The maximum atomic E-state index is 12.7. The number of pyridine rings is 1. The first kappa shape index (κ1) is 22.6. The molecule has 0 spiro atoms. The van der Waals surface area contributed by atoms with Crippen molar-refractivity contribution in [2.45, 2.75) is 26.3 Å². The fourth-order valence-corrected chi connectivity index (χ4v) is 4.59. The molecule has 1 saturated heterocycles. The van der Waals surface area contributed by atoms with Crippen LogP contribution in [-0.4, -0.2) is 56.7 Å². The van der Waals surface area contributed by atoms with E-state index >= 15 is 0 Å². The number of aromatic carboxylic acids is 1. The number of hydrogen-bond donors (Lipinski definition) is 1. The van der Waals surface area contributed by atoms with Crippen LogP contribution in [0.25, 0.3) is 22.3 Å². The predicted molar refractivity (Wildman–Crippen MR) is 135 cm³/mol. The number of carboxylic acids is 1. The average Bonchev–Trinajstić information content (AvgIpc) is 3.22. The molecular weight excluding hydrogens is 442 g/mol. The molecule has 5 rings (SSSR count). The van der Waals surface area contributed by atoms with Crippen molar-refractivity contribution in [3.05, 3.63) is 77.6 Å². The molecule has 1 N–H and O–H groups in total. The second-order valence-electron chi connectivity index (χ2n) is 8.74. The van der Waals surface area contributed by atoms with Crippen LogP contribution in [0.2, 0.25) is 0 Å². The van der Waals surface area contributed by atoms with Gasteiger partial charge in [-0.2, -0.15) is 0 Å². The van der Waals surface area contributed by atoms with E-state index in [9.17, 15) is 14.7 Å². The minimum Gasteiger partial charge on any atom is -0.478 e. The topological polar surface area (TPSA) is 91.6 Å². The van der Waals surface area contributed by atoms with Crippen molar-refractivity contribution < 1.29 is 14.7 Å². The maximum absolute atomic E-state index is 12.7. The number of carboxylic acid groups (broad SMARTS) is 1. The molecular formula is C27H27N5O3.